The number of nitrogens with two attached hydrogens (primary N) is 1. The average molecular weight is 312 g/mol. The Labute approximate surface area is 122 Å². The SMILES string of the molecule is CC(Nc1ccncc1Cl)c1cccc(S(N)(=O)=O)c1. The standard InChI is InChI=1S/C13H14ClN3O2S/c1-9(17-13-5-6-16-8-12(13)14)10-3-2-4-11(7-10)20(15,18)19/h2-9H,1H3,(H,16,17)(H2,15,18,19). The lowest BCUT2D eigenvalue weighted by molar-refractivity contribution is 0.597. The second kappa shape index (κ2) is 5.78. The second-order valence-electron chi connectivity index (χ2n) is 4.34. The molecule has 1 heterocycles. The summed E-state index contributed by atoms with van der Waals surface area (Å²) < 4.78 is 22.7. The topological polar surface area (TPSA) is 85.1 Å². The number of hydrogen-bond acceptors (Lipinski definition) is 4. The summed E-state index contributed by atoms with van der Waals surface area (Å²) in [6.07, 6.45) is 3.17. The fourth-order valence-electron chi connectivity index (χ4n) is 1.77. The van der Waals surface area contributed by atoms with Gasteiger partial charge in [0.15, 0.2) is 0 Å². The number of rotatable bonds is 4. The van der Waals surface area contributed by atoms with Crippen LogP contribution in [0.4, 0.5) is 5.69 Å². The van der Waals surface area contributed by atoms with Crippen LogP contribution in [-0.2, 0) is 10.0 Å². The molecule has 1 atom stereocenters. The number of pyridine rings is 1. The average Bonchev–Trinajstić information content (AvgIpc) is 2.40. The fraction of sp³-hybridized carbons (Fsp3) is 0.154. The van der Waals surface area contributed by atoms with Gasteiger partial charge in [-0.25, -0.2) is 13.6 Å². The molecule has 1 aromatic heterocycles. The van der Waals surface area contributed by atoms with Crippen molar-refractivity contribution >= 4 is 27.3 Å². The van der Waals surface area contributed by atoms with Gasteiger partial charge >= 0.3 is 0 Å². The van der Waals surface area contributed by atoms with Crippen LogP contribution in [0, 0.1) is 0 Å². The molecule has 1 aromatic carbocycles. The van der Waals surface area contributed by atoms with E-state index in [0.29, 0.717) is 5.02 Å². The van der Waals surface area contributed by atoms with Gasteiger partial charge in [0.05, 0.1) is 15.6 Å². The van der Waals surface area contributed by atoms with E-state index in [1.807, 2.05) is 13.0 Å². The molecular formula is C13H14ClN3O2S. The summed E-state index contributed by atoms with van der Waals surface area (Å²) in [6, 6.07) is 8.11. The highest BCUT2D eigenvalue weighted by atomic mass is 35.5. The van der Waals surface area contributed by atoms with Crippen molar-refractivity contribution in [3.8, 4) is 0 Å². The summed E-state index contributed by atoms with van der Waals surface area (Å²) in [5.41, 5.74) is 1.53. The lowest BCUT2D eigenvalue weighted by atomic mass is 10.1. The van der Waals surface area contributed by atoms with Crippen LogP contribution in [0.2, 0.25) is 5.02 Å². The molecule has 2 rings (SSSR count). The maximum atomic E-state index is 11.3. The Morgan fingerprint density at radius 2 is 2.10 bits per heavy atom. The van der Waals surface area contributed by atoms with Crippen LogP contribution in [0.25, 0.3) is 0 Å². The van der Waals surface area contributed by atoms with E-state index in [1.54, 1.807) is 24.4 Å². The number of anilines is 1. The summed E-state index contributed by atoms with van der Waals surface area (Å²) in [4.78, 5) is 3.99. The summed E-state index contributed by atoms with van der Waals surface area (Å²) in [7, 11) is -3.70. The van der Waals surface area contributed by atoms with Gasteiger partial charge in [-0.05, 0) is 30.7 Å². The summed E-state index contributed by atoms with van der Waals surface area (Å²) in [5.74, 6) is 0. The van der Waals surface area contributed by atoms with Crippen molar-refractivity contribution in [3.63, 3.8) is 0 Å². The number of nitrogens with zero attached hydrogens (tertiary/aromatic N) is 1. The zero-order chi connectivity index (χ0) is 14.8. The lowest BCUT2D eigenvalue weighted by Crippen LogP contribution is -2.13. The normalized spacial score (nSPS) is 12.9. The Hall–Kier alpha value is -1.63. The Morgan fingerprint density at radius 3 is 2.75 bits per heavy atom. The van der Waals surface area contributed by atoms with E-state index in [4.69, 9.17) is 16.7 Å². The number of halogens is 1. The molecule has 0 radical (unpaired) electrons. The highest BCUT2D eigenvalue weighted by Gasteiger charge is 2.12. The molecule has 106 valence electrons. The van der Waals surface area contributed by atoms with Crippen LogP contribution in [0.1, 0.15) is 18.5 Å². The summed E-state index contributed by atoms with van der Waals surface area (Å²) >= 11 is 6.02. The van der Waals surface area contributed by atoms with Crippen LogP contribution in [0.15, 0.2) is 47.6 Å². The van der Waals surface area contributed by atoms with E-state index in [0.717, 1.165) is 11.3 Å². The minimum Gasteiger partial charge on any atom is -0.377 e. The predicted octanol–water partition coefficient (Wildman–Crippen LogP) is 2.56. The molecule has 0 aliphatic carbocycles. The first-order chi connectivity index (χ1) is 9.38. The Bertz CT molecular complexity index is 719. The number of primary sulfonamides is 1. The molecule has 0 bridgehead atoms. The molecule has 0 fully saturated rings. The Balaban J connectivity index is 2.26. The molecule has 0 spiro atoms. The van der Waals surface area contributed by atoms with Crippen LogP contribution >= 0.6 is 11.6 Å². The largest absolute Gasteiger partial charge is 0.377 e. The minimum atomic E-state index is -3.70. The van der Waals surface area contributed by atoms with Gasteiger partial charge < -0.3 is 5.32 Å². The molecule has 0 saturated carbocycles. The van der Waals surface area contributed by atoms with Crippen molar-refractivity contribution in [3.05, 3.63) is 53.3 Å². The fourth-order valence-corrected chi connectivity index (χ4v) is 2.51. The number of benzene rings is 1. The van der Waals surface area contributed by atoms with Gasteiger partial charge in [-0.1, -0.05) is 23.7 Å². The molecule has 0 aliphatic heterocycles. The third-order valence-corrected chi connectivity index (χ3v) is 4.04. The third-order valence-electron chi connectivity index (χ3n) is 2.83. The van der Waals surface area contributed by atoms with Crippen molar-refractivity contribution in [2.24, 2.45) is 5.14 Å². The highest BCUT2D eigenvalue weighted by molar-refractivity contribution is 7.89. The van der Waals surface area contributed by atoms with Crippen LogP contribution in [-0.4, -0.2) is 13.4 Å². The van der Waals surface area contributed by atoms with Gasteiger partial charge in [-0.3, -0.25) is 4.98 Å². The number of hydrogen-bond donors (Lipinski definition) is 2. The highest BCUT2D eigenvalue weighted by Crippen LogP contribution is 2.25. The number of sulfonamides is 1. The molecule has 7 heteroatoms. The summed E-state index contributed by atoms with van der Waals surface area (Å²) in [5, 5.41) is 8.82. The van der Waals surface area contributed by atoms with Crippen molar-refractivity contribution in [1.29, 1.82) is 0 Å². The molecule has 0 aliphatic rings. The first-order valence-corrected chi connectivity index (χ1v) is 7.79. The molecule has 0 saturated heterocycles. The Kier molecular flexibility index (Phi) is 4.27. The van der Waals surface area contributed by atoms with Crippen molar-refractivity contribution in [2.75, 3.05) is 5.32 Å². The van der Waals surface area contributed by atoms with Crippen LogP contribution in [0.5, 0.6) is 0 Å². The second-order valence-corrected chi connectivity index (χ2v) is 6.31. The zero-order valence-corrected chi connectivity index (χ0v) is 12.3. The first-order valence-electron chi connectivity index (χ1n) is 5.87. The molecule has 2 aromatic rings. The quantitative estimate of drug-likeness (QED) is 0.908. The lowest BCUT2D eigenvalue weighted by Gasteiger charge is -2.17. The predicted molar refractivity (Wildman–Crippen MR) is 79.1 cm³/mol. The maximum absolute atomic E-state index is 11.3. The van der Waals surface area contributed by atoms with Crippen molar-refractivity contribution in [2.45, 2.75) is 17.9 Å². The Morgan fingerprint density at radius 1 is 1.35 bits per heavy atom. The molecule has 3 N–H and O–H groups in total. The molecule has 20 heavy (non-hydrogen) atoms. The number of nitrogens with one attached hydrogen (secondary N) is 1. The molecular weight excluding hydrogens is 298 g/mol. The zero-order valence-electron chi connectivity index (χ0n) is 10.7. The first kappa shape index (κ1) is 14.8. The minimum absolute atomic E-state index is 0.0875. The van der Waals surface area contributed by atoms with Gasteiger partial charge in [0, 0.05) is 18.4 Å². The molecule has 5 nitrogen and oxygen atoms in total. The van der Waals surface area contributed by atoms with Gasteiger partial charge in [0.25, 0.3) is 0 Å². The van der Waals surface area contributed by atoms with Crippen molar-refractivity contribution in [1.82, 2.24) is 4.98 Å². The van der Waals surface area contributed by atoms with Crippen molar-refractivity contribution < 1.29 is 8.42 Å². The van der Waals surface area contributed by atoms with E-state index in [9.17, 15) is 8.42 Å². The van der Waals surface area contributed by atoms with Crippen LogP contribution in [0.3, 0.4) is 0 Å². The van der Waals surface area contributed by atoms with E-state index < -0.39 is 10.0 Å². The summed E-state index contributed by atoms with van der Waals surface area (Å²) in [6.45, 7) is 1.90. The van der Waals surface area contributed by atoms with Gasteiger partial charge in [-0.15, -0.1) is 0 Å². The van der Waals surface area contributed by atoms with E-state index in [1.165, 1.54) is 12.3 Å². The van der Waals surface area contributed by atoms with E-state index in [-0.39, 0.29) is 10.9 Å². The van der Waals surface area contributed by atoms with Gasteiger partial charge in [0.2, 0.25) is 10.0 Å². The van der Waals surface area contributed by atoms with Crippen LogP contribution < -0.4 is 10.5 Å². The number of aromatic nitrogens is 1. The molecule has 0 amide bonds. The van der Waals surface area contributed by atoms with Gasteiger partial charge in [-0.2, -0.15) is 0 Å². The maximum Gasteiger partial charge on any atom is 0.238 e. The van der Waals surface area contributed by atoms with E-state index in [2.05, 4.69) is 10.3 Å². The van der Waals surface area contributed by atoms with E-state index >= 15 is 0 Å². The third kappa shape index (κ3) is 3.47. The van der Waals surface area contributed by atoms with Gasteiger partial charge in [0.1, 0.15) is 0 Å². The molecule has 1 unspecified atom stereocenters. The smallest absolute Gasteiger partial charge is 0.238 e. The monoisotopic (exact) mass is 311 g/mol.